The summed E-state index contributed by atoms with van der Waals surface area (Å²) in [6, 6.07) is 20.2. The molecule has 2 heterocycles. The largest absolute Gasteiger partial charge is 0.366 e. The van der Waals surface area contributed by atoms with Gasteiger partial charge in [-0.15, -0.1) is 0 Å². The van der Waals surface area contributed by atoms with Gasteiger partial charge in [0, 0.05) is 12.6 Å². The molecule has 5 heteroatoms. The number of para-hydroxylation sites is 2. The molecular formula is C17H15N5. The first-order chi connectivity index (χ1) is 10.9. The van der Waals surface area contributed by atoms with E-state index in [1.54, 1.807) is 0 Å². The molecule has 0 bridgehead atoms. The number of imidazole rings is 1. The molecule has 108 valence electrons. The van der Waals surface area contributed by atoms with E-state index in [2.05, 4.69) is 37.6 Å². The fourth-order valence-corrected chi connectivity index (χ4v) is 2.40. The summed E-state index contributed by atoms with van der Waals surface area (Å²) in [7, 11) is 0. The minimum absolute atomic E-state index is 0.753. The summed E-state index contributed by atoms with van der Waals surface area (Å²) in [5.74, 6) is 1.64. The molecule has 0 aliphatic carbocycles. The van der Waals surface area contributed by atoms with Crippen LogP contribution in [0.1, 0.15) is 5.56 Å². The quantitative estimate of drug-likeness (QED) is 0.538. The normalized spacial score (nSPS) is 10.9. The molecule has 0 saturated heterocycles. The number of H-pyrrole nitrogens is 2. The third kappa shape index (κ3) is 2.44. The van der Waals surface area contributed by atoms with E-state index < -0.39 is 0 Å². The molecule has 0 amide bonds. The second kappa shape index (κ2) is 5.37. The van der Waals surface area contributed by atoms with E-state index in [0.717, 1.165) is 34.9 Å². The standard InChI is InChI=1S/C17H15N5/c1-2-6-12(7-3-1)11-18-16-10-15(21-22-16)17-19-13-8-4-5-9-14(13)20-17/h1-10H,11H2,(H,19,20)(H2,18,21,22). The Hall–Kier alpha value is -3.08. The maximum atomic E-state index is 4.55. The second-order valence-corrected chi connectivity index (χ2v) is 5.11. The Morgan fingerprint density at radius 3 is 2.64 bits per heavy atom. The van der Waals surface area contributed by atoms with E-state index >= 15 is 0 Å². The Morgan fingerprint density at radius 1 is 0.955 bits per heavy atom. The fourth-order valence-electron chi connectivity index (χ4n) is 2.40. The highest BCUT2D eigenvalue weighted by atomic mass is 15.2. The van der Waals surface area contributed by atoms with Gasteiger partial charge < -0.3 is 10.3 Å². The highest BCUT2D eigenvalue weighted by Crippen LogP contribution is 2.20. The van der Waals surface area contributed by atoms with Gasteiger partial charge in [-0.3, -0.25) is 5.10 Å². The molecule has 0 fully saturated rings. The Bertz CT molecular complexity index is 858. The van der Waals surface area contributed by atoms with E-state index in [4.69, 9.17) is 0 Å². The lowest BCUT2D eigenvalue weighted by molar-refractivity contribution is 1.05. The number of nitrogens with one attached hydrogen (secondary N) is 3. The van der Waals surface area contributed by atoms with Crippen LogP contribution < -0.4 is 5.32 Å². The van der Waals surface area contributed by atoms with Crippen LogP contribution in [0.15, 0.2) is 60.7 Å². The molecular weight excluding hydrogens is 274 g/mol. The van der Waals surface area contributed by atoms with E-state index in [9.17, 15) is 0 Å². The fraction of sp³-hybridized carbons (Fsp3) is 0.0588. The zero-order valence-electron chi connectivity index (χ0n) is 11.9. The molecule has 0 saturated carbocycles. The summed E-state index contributed by atoms with van der Waals surface area (Å²) in [5, 5.41) is 10.6. The number of anilines is 1. The van der Waals surface area contributed by atoms with Gasteiger partial charge in [0.2, 0.25) is 0 Å². The summed E-state index contributed by atoms with van der Waals surface area (Å²) < 4.78 is 0. The second-order valence-electron chi connectivity index (χ2n) is 5.11. The smallest absolute Gasteiger partial charge is 0.159 e. The summed E-state index contributed by atoms with van der Waals surface area (Å²) in [6.07, 6.45) is 0. The molecule has 0 aliphatic rings. The van der Waals surface area contributed by atoms with Crippen molar-refractivity contribution in [2.24, 2.45) is 0 Å². The topological polar surface area (TPSA) is 69.4 Å². The van der Waals surface area contributed by atoms with Crippen LogP contribution >= 0.6 is 0 Å². The van der Waals surface area contributed by atoms with Crippen molar-refractivity contribution in [2.75, 3.05) is 5.32 Å². The molecule has 3 N–H and O–H groups in total. The first-order valence-electron chi connectivity index (χ1n) is 7.17. The number of fused-ring (bicyclic) bond motifs is 1. The number of aromatic nitrogens is 4. The van der Waals surface area contributed by atoms with Crippen LogP contribution in [0.2, 0.25) is 0 Å². The molecule has 0 spiro atoms. The summed E-state index contributed by atoms with van der Waals surface area (Å²) in [4.78, 5) is 7.83. The maximum absolute atomic E-state index is 4.55. The van der Waals surface area contributed by atoms with Gasteiger partial charge in [0.25, 0.3) is 0 Å². The van der Waals surface area contributed by atoms with Gasteiger partial charge in [-0.25, -0.2) is 4.98 Å². The summed E-state index contributed by atoms with van der Waals surface area (Å²) in [5.41, 5.74) is 3.98. The molecule has 0 radical (unpaired) electrons. The molecule has 4 rings (SSSR count). The molecule has 22 heavy (non-hydrogen) atoms. The third-order valence-corrected chi connectivity index (χ3v) is 3.54. The first kappa shape index (κ1) is 12.6. The summed E-state index contributed by atoms with van der Waals surface area (Å²) >= 11 is 0. The average molecular weight is 289 g/mol. The van der Waals surface area contributed by atoms with Crippen molar-refractivity contribution in [3.05, 3.63) is 66.2 Å². The van der Waals surface area contributed by atoms with Gasteiger partial charge in [0.15, 0.2) is 5.82 Å². The molecule has 4 aromatic rings. The van der Waals surface area contributed by atoms with E-state index in [0.29, 0.717) is 0 Å². The van der Waals surface area contributed by atoms with Crippen LogP contribution in [0.3, 0.4) is 0 Å². The maximum Gasteiger partial charge on any atom is 0.159 e. The van der Waals surface area contributed by atoms with Crippen molar-refractivity contribution >= 4 is 16.9 Å². The van der Waals surface area contributed by atoms with Crippen molar-refractivity contribution in [1.29, 1.82) is 0 Å². The molecule has 0 atom stereocenters. The van der Waals surface area contributed by atoms with Gasteiger partial charge >= 0.3 is 0 Å². The summed E-state index contributed by atoms with van der Waals surface area (Å²) in [6.45, 7) is 0.753. The van der Waals surface area contributed by atoms with Crippen LogP contribution in [0.25, 0.3) is 22.6 Å². The number of benzene rings is 2. The van der Waals surface area contributed by atoms with Crippen molar-refractivity contribution in [1.82, 2.24) is 20.2 Å². The molecule has 2 aromatic heterocycles. The molecule has 2 aromatic carbocycles. The van der Waals surface area contributed by atoms with Gasteiger partial charge in [0.05, 0.1) is 11.0 Å². The third-order valence-electron chi connectivity index (χ3n) is 3.54. The zero-order valence-corrected chi connectivity index (χ0v) is 11.9. The lowest BCUT2D eigenvalue weighted by Crippen LogP contribution is -1.98. The molecule has 5 nitrogen and oxygen atoms in total. The number of hydrogen-bond donors (Lipinski definition) is 3. The van der Waals surface area contributed by atoms with Crippen LogP contribution in [0, 0.1) is 0 Å². The molecule has 0 unspecified atom stereocenters. The Kier molecular flexibility index (Phi) is 3.08. The van der Waals surface area contributed by atoms with E-state index in [-0.39, 0.29) is 0 Å². The predicted octanol–water partition coefficient (Wildman–Crippen LogP) is 3.57. The van der Waals surface area contributed by atoms with Gasteiger partial charge in [-0.1, -0.05) is 42.5 Å². The monoisotopic (exact) mass is 289 g/mol. The van der Waals surface area contributed by atoms with Crippen LogP contribution in [0.5, 0.6) is 0 Å². The number of aromatic amines is 2. The van der Waals surface area contributed by atoms with E-state index in [1.165, 1.54) is 5.56 Å². The van der Waals surface area contributed by atoms with Crippen molar-refractivity contribution in [2.45, 2.75) is 6.54 Å². The average Bonchev–Trinajstić information content (AvgIpc) is 3.20. The lowest BCUT2D eigenvalue weighted by atomic mass is 10.2. The molecule has 0 aliphatic heterocycles. The predicted molar refractivity (Wildman–Crippen MR) is 87.4 cm³/mol. The minimum atomic E-state index is 0.753. The highest BCUT2D eigenvalue weighted by Gasteiger charge is 2.08. The van der Waals surface area contributed by atoms with Crippen LogP contribution in [-0.2, 0) is 6.54 Å². The highest BCUT2D eigenvalue weighted by molar-refractivity contribution is 5.78. The van der Waals surface area contributed by atoms with Crippen LogP contribution in [0.4, 0.5) is 5.82 Å². The number of hydrogen-bond acceptors (Lipinski definition) is 3. The lowest BCUT2D eigenvalue weighted by Gasteiger charge is -2.02. The van der Waals surface area contributed by atoms with Gasteiger partial charge in [0.1, 0.15) is 11.5 Å². The van der Waals surface area contributed by atoms with Crippen molar-refractivity contribution in [3.63, 3.8) is 0 Å². The minimum Gasteiger partial charge on any atom is -0.366 e. The van der Waals surface area contributed by atoms with E-state index in [1.807, 2.05) is 48.5 Å². The van der Waals surface area contributed by atoms with Crippen molar-refractivity contribution < 1.29 is 0 Å². The Morgan fingerprint density at radius 2 is 1.77 bits per heavy atom. The Balaban J connectivity index is 1.53. The van der Waals surface area contributed by atoms with Gasteiger partial charge in [-0.2, -0.15) is 5.10 Å². The van der Waals surface area contributed by atoms with Crippen LogP contribution in [-0.4, -0.2) is 20.2 Å². The van der Waals surface area contributed by atoms with Gasteiger partial charge in [-0.05, 0) is 17.7 Å². The first-order valence-corrected chi connectivity index (χ1v) is 7.17. The zero-order chi connectivity index (χ0) is 14.8. The Labute approximate surface area is 127 Å². The van der Waals surface area contributed by atoms with Crippen molar-refractivity contribution in [3.8, 4) is 11.5 Å². The SMILES string of the molecule is c1ccc(CNc2cc(-c3nc4ccccc4[nH]3)n[nH]2)cc1. The number of nitrogens with zero attached hydrogens (tertiary/aromatic N) is 2. The number of rotatable bonds is 4.